The molecule has 0 saturated carbocycles. The Kier molecular flexibility index (Phi) is 6.15. The van der Waals surface area contributed by atoms with E-state index in [1.54, 1.807) is 12.3 Å². The number of carbonyl (C=O) groups is 1. The van der Waals surface area contributed by atoms with E-state index in [0.717, 1.165) is 27.6 Å². The number of methoxy groups -OCH3 is 1. The van der Waals surface area contributed by atoms with Gasteiger partial charge < -0.3 is 10.1 Å². The van der Waals surface area contributed by atoms with Gasteiger partial charge in [0.15, 0.2) is 0 Å². The molecule has 5 aromatic rings. The largest absolute Gasteiger partial charge is 0.480 e. The van der Waals surface area contributed by atoms with E-state index < -0.39 is 38.0 Å². The molecule has 2 aromatic heterocycles. The van der Waals surface area contributed by atoms with Crippen molar-refractivity contribution >= 4 is 32.5 Å². The third-order valence-corrected chi connectivity index (χ3v) is 7.99. The summed E-state index contributed by atoms with van der Waals surface area (Å²) in [6.45, 7) is 0.0194. The predicted octanol–water partition coefficient (Wildman–Crippen LogP) is 5.29. The fourth-order valence-corrected chi connectivity index (χ4v) is 5.79. The molecule has 0 aliphatic carbocycles. The van der Waals surface area contributed by atoms with Crippen molar-refractivity contribution < 1.29 is 26.7 Å². The summed E-state index contributed by atoms with van der Waals surface area (Å²) in [4.78, 5) is 20.7. The average Bonchev–Trinajstić information content (AvgIpc) is 2.94. The molecule has 0 atom stereocenters. The van der Waals surface area contributed by atoms with Crippen LogP contribution in [0.4, 0.5) is 14.5 Å². The van der Waals surface area contributed by atoms with Crippen molar-refractivity contribution in [3.8, 4) is 28.1 Å². The number of sulfonamides is 1. The van der Waals surface area contributed by atoms with E-state index in [1.165, 1.54) is 19.4 Å². The number of benzene rings is 3. The van der Waals surface area contributed by atoms with E-state index >= 15 is 0 Å². The first-order valence-electron chi connectivity index (χ1n) is 12.1. The monoisotopic (exact) mass is 558 g/mol. The average molecular weight is 559 g/mol. The zero-order chi connectivity index (χ0) is 28.0. The van der Waals surface area contributed by atoms with Crippen molar-refractivity contribution in [1.29, 1.82) is 0 Å². The zero-order valence-corrected chi connectivity index (χ0v) is 21.7. The van der Waals surface area contributed by atoms with Gasteiger partial charge in [0, 0.05) is 36.0 Å². The number of fused-ring (bicyclic) bond motifs is 9. The van der Waals surface area contributed by atoms with Crippen LogP contribution in [0.2, 0.25) is 0 Å². The van der Waals surface area contributed by atoms with Crippen LogP contribution in [0.15, 0.2) is 84.0 Å². The van der Waals surface area contributed by atoms with E-state index in [1.807, 2.05) is 42.5 Å². The zero-order valence-electron chi connectivity index (χ0n) is 20.9. The van der Waals surface area contributed by atoms with Gasteiger partial charge in [-0.05, 0) is 58.7 Å². The molecule has 3 aromatic carbocycles. The molecule has 8 nitrogen and oxygen atoms in total. The maximum absolute atomic E-state index is 14.8. The number of nitrogens with one attached hydrogen (secondary N) is 2. The number of aromatic nitrogens is 2. The van der Waals surface area contributed by atoms with E-state index in [-0.39, 0.29) is 18.1 Å². The summed E-state index contributed by atoms with van der Waals surface area (Å²) in [5.41, 5.74) is 3.78. The lowest BCUT2D eigenvalue weighted by atomic mass is 9.97. The van der Waals surface area contributed by atoms with E-state index in [0.29, 0.717) is 23.3 Å². The van der Waals surface area contributed by atoms with Crippen LogP contribution in [0.1, 0.15) is 15.9 Å². The molecule has 200 valence electrons. The van der Waals surface area contributed by atoms with Gasteiger partial charge in [0.05, 0.1) is 18.2 Å². The van der Waals surface area contributed by atoms with Gasteiger partial charge in [0.25, 0.3) is 15.9 Å². The summed E-state index contributed by atoms with van der Waals surface area (Å²) in [6, 6.07) is 17.5. The van der Waals surface area contributed by atoms with Crippen molar-refractivity contribution in [2.45, 2.75) is 11.4 Å². The molecule has 0 fully saturated rings. The molecule has 2 N–H and O–H groups in total. The number of ether oxygens (including phenoxy) is 1. The van der Waals surface area contributed by atoms with Crippen LogP contribution in [-0.4, -0.2) is 31.4 Å². The second-order valence-electron chi connectivity index (χ2n) is 9.12. The molecule has 1 aliphatic heterocycles. The summed E-state index contributed by atoms with van der Waals surface area (Å²) in [7, 11) is -3.34. The first kappa shape index (κ1) is 25.4. The van der Waals surface area contributed by atoms with Crippen molar-refractivity contribution in [1.82, 2.24) is 15.3 Å². The van der Waals surface area contributed by atoms with Crippen molar-refractivity contribution in [3.05, 3.63) is 102 Å². The Hall–Kier alpha value is -4.90. The quantitative estimate of drug-likeness (QED) is 0.289. The second kappa shape index (κ2) is 9.69. The third kappa shape index (κ3) is 4.50. The van der Waals surface area contributed by atoms with Crippen LogP contribution in [-0.2, 0) is 16.6 Å². The lowest BCUT2D eigenvalue weighted by molar-refractivity contribution is 0.0946. The second-order valence-corrected chi connectivity index (χ2v) is 10.8. The minimum Gasteiger partial charge on any atom is -0.480 e. The fourth-order valence-electron chi connectivity index (χ4n) is 4.66. The van der Waals surface area contributed by atoms with E-state index in [4.69, 9.17) is 4.74 Å². The highest BCUT2D eigenvalue weighted by Gasteiger charge is 2.26. The van der Waals surface area contributed by atoms with Crippen LogP contribution < -0.4 is 14.8 Å². The summed E-state index contributed by atoms with van der Waals surface area (Å²) in [5.74, 6) is -3.53. The molecule has 1 aliphatic rings. The topological polar surface area (TPSA) is 110 Å². The van der Waals surface area contributed by atoms with Gasteiger partial charge in [-0.1, -0.05) is 24.3 Å². The number of nitrogens with zero attached hydrogens (tertiary/aromatic N) is 2. The van der Waals surface area contributed by atoms with Crippen LogP contribution in [0.3, 0.4) is 0 Å². The van der Waals surface area contributed by atoms with Gasteiger partial charge in [-0.2, -0.15) is 0 Å². The van der Waals surface area contributed by atoms with E-state index in [2.05, 4.69) is 20.0 Å². The normalized spacial score (nSPS) is 14.1. The number of hydrogen-bond donors (Lipinski definition) is 2. The summed E-state index contributed by atoms with van der Waals surface area (Å²) >= 11 is 0. The molecule has 0 saturated heterocycles. The Morgan fingerprint density at radius 3 is 2.55 bits per heavy atom. The van der Waals surface area contributed by atoms with E-state index in [9.17, 15) is 22.0 Å². The predicted molar refractivity (Wildman–Crippen MR) is 145 cm³/mol. The van der Waals surface area contributed by atoms with Gasteiger partial charge in [-0.15, -0.1) is 0 Å². The molecule has 6 rings (SSSR count). The summed E-state index contributed by atoms with van der Waals surface area (Å²) < 4.78 is 63.5. The number of anilines is 1. The molecule has 40 heavy (non-hydrogen) atoms. The molecular weight excluding hydrogens is 538 g/mol. The first-order chi connectivity index (χ1) is 19.2. The summed E-state index contributed by atoms with van der Waals surface area (Å²) in [6.07, 6.45) is 3.22. The van der Waals surface area contributed by atoms with Crippen LogP contribution >= 0.6 is 0 Å². The van der Waals surface area contributed by atoms with Gasteiger partial charge in [-0.25, -0.2) is 22.2 Å². The van der Waals surface area contributed by atoms with Crippen molar-refractivity contribution in [2.75, 3.05) is 11.8 Å². The molecule has 1 amide bonds. The van der Waals surface area contributed by atoms with Gasteiger partial charge in [0.2, 0.25) is 5.88 Å². The van der Waals surface area contributed by atoms with Crippen LogP contribution in [0, 0.1) is 11.6 Å². The first-order valence-corrected chi connectivity index (χ1v) is 13.5. The highest BCUT2D eigenvalue weighted by molar-refractivity contribution is 7.92. The fraction of sp³-hybridized carbons (Fsp3) is 0.0690. The van der Waals surface area contributed by atoms with Gasteiger partial charge >= 0.3 is 0 Å². The van der Waals surface area contributed by atoms with Crippen LogP contribution in [0.25, 0.3) is 33.2 Å². The number of halogens is 2. The van der Waals surface area contributed by atoms with Gasteiger partial charge in [-0.3, -0.25) is 14.5 Å². The third-order valence-electron chi connectivity index (χ3n) is 6.61. The van der Waals surface area contributed by atoms with Crippen molar-refractivity contribution in [3.63, 3.8) is 0 Å². The molecule has 0 radical (unpaired) electrons. The van der Waals surface area contributed by atoms with Crippen molar-refractivity contribution in [2.24, 2.45) is 0 Å². The smallest absolute Gasteiger partial charge is 0.265 e. The maximum Gasteiger partial charge on any atom is 0.265 e. The molecule has 0 unspecified atom stereocenters. The number of rotatable bonds is 1. The minimum atomic E-state index is -4.64. The number of carbonyl (C=O) groups excluding carboxylic acids is 1. The number of hydrogen-bond acceptors (Lipinski definition) is 6. The maximum atomic E-state index is 14.8. The highest BCUT2D eigenvalue weighted by Crippen LogP contribution is 2.35. The molecule has 0 spiro atoms. The Balaban J connectivity index is 1.61. The number of pyridine rings is 2. The molecule has 11 heteroatoms. The minimum absolute atomic E-state index is 0.0194. The standard InChI is InChI=1S/C29H20F2N4O4S/c1-39-29-26-11-19(15-34-29)17-5-6-25-21(10-17)20(7-8-32-25)18-4-2-3-16(9-18)14-33-28(36)22-12-27(40(37,38)35-26)24(31)13-23(22)30/h2-13,15,35H,14H2,1H3,(H,33,36). The van der Waals surface area contributed by atoms with Crippen LogP contribution in [0.5, 0.6) is 5.88 Å². The lowest BCUT2D eigenvalue weighted by Gasteiger charge is -2.15. The Labute approximate surface area is 227 Å². The SMILES string of the molecule is COc1ncc2cc1NS(=O)(=O)c1cc(c(F)cc1F)C(=O)NCc1cccc(c1)-c1ccnc3ccc-2cc13. The Bertz CT molecular complexity index is 1950. The summed E-state index contributed by atoms with van der Waals surface area (Å²) in [5, 5.41) is 3.42. The van der Waals surface area contributed by atoms with Gasteiger partial charge in [0.1, 0.15) is 22.2 Å². The highest BCUT2D eigenvalue weighted by atomic mass is 32.2. The molecule has 3 heterocycles. The molecule has 8 bridgehead atoms. The Morgan fingerprint density at radius 1 is 0.875 bits per heavy atom. The molecular formula is C29H20F2N4O4S. The Morgan fingerprint density at radius 2 is 1.73 bits per heavy atom. The lowest BCUT2D eigenvalue weighted by Crippen LogP contribution is -2.25. The number of amides is 1.